The topological polar surface area (TPSA) is 77.2 Å². The van der Waals surface area contributed by atoms with Crippen LogP contribution in [0.2, 0.25) is 0 Å². The van der Waals surface area contributed by atoms with E-state index in [4.69, 9.17) is 9.26 Å². The molecule has 0 aliphatic heterocycles. The maximum atomic E-state index is 12.2. The lowest BCUT2D eigenvalue weighted by atomic mass is 10.1. The van der Waals surface area contributed by atoms with Gasteiger partial charge < -0.3 is 14.6 Å². The van der Waals surface area contributed by atoms with Crippen LogP contribution < -0.4 is 10.1 Å². The lowest BCUT2D eigenvalue weighted by Crippen LogP contribution is -2.13. The molecule has 1 N–H and O–H groups in total. The number of benzene rings is 2. The number of aromatic nitrogens is 2. The van der Waals surface area contributed by atoms with Crippen molar-refractivity contribution in [2.24, 2.45) is 0 Å². The van der Waals surface area contributed by atoms with E-state index >= 15 is 0 Å². The van der Waals surface area contributed by atoms with Crippen LogP contribution in [0.25, 0.3) is 22.8 Å². The molecule has 0 aliphatic rings. The van der Waals surface area contributed by atoms with Crippen molar-refractivity contribution in [1.82, 2.24) is 10.1 Å². The third-order valence-corrected chi connectivity index (χ3v) is 4.96. The Morgan fingerprint density at radius 3 is 2.86 bits per heavy atom. The highest BCUT2D eigenvalue weighted by Gasteiger charge is 2.15. The number of thiophene rings is 1. The number of hydrogen-bond donors (Lipinski definition) is 1. The number of nitrogens with one attached hydrogen (secondary N) is 1. The van der Waals surface area contributed by atoms with Gasteiger partial charge in [-0.15, -0.1) is 11.3 Å². The summed E-state index contributed by atoms with van der Waals surface area (Å²) in [4.78, 5) is 17.7. The Labute approximate surface area is 165 Å². The Morgan fingerprint density at radius 2 is 2.04 bits per heavy atom. The van der Waals surface area contributed by atoms with Gasteiger partial charge >= 0.3 is 0 Å². The molecule has 0 spiro atoms. The summed E-state index contributed by atoms with van der Waals surface area (Å²) in [5.41, 5.74) is 2.16. The first-order chi connectivity index (χ1) is 13.7. The van der Waals surface area contributed by atoms with Gasteiger partial charge in [0.05, 0.1) is 19.1 Å². The maximum absolute atomic E-state index is 12.2. The van der Waals surface area contributed by atoms with E-state index in [1.807, 2.05) is 66.0 Å². The first-order valence-corrected chi connectivity index (χ1v) is 9.50. The Morgan fingerprint density at radius 1 is 1.14 bits per heavy atom. The van der Waals surface area contributed by atoms with Crippen LogP contribution in [0.1, 0.15) is 4.88 Å². The Bertz CT molecular complexity index is 1090. The zero-order valence-corrected chi connectivity index (χ0v) is 15.9. The highest BCUT2D eigenvalue weighted by atomic mass is 32.1. The van der Waals surface area contributed by atoms with Gasteiger partial charge in [0.15, 0.2) is 0 Å². The van der Waals surface area contributed by atoms with E-state index < -0.39 is 0 Å². The van der Waals surface area contributed by atoms with E-state index in [-0.39, 0.29) is 5.91 Å². The van der Waals surface area contributed by atoms with Crippen molar-refractivity contribution in [3.05, 3.63) is 70.9 Å². The minimum absolute atomic E-state index is 0.0672. The Hall–Kier alpha value is -3.45. The highest BCUT2D eigenvalue weighted by Crippen LogP contribution is 2.30. The van der Waals surface area contributed by atoms with Crippen molar-refractivity contribution in [1.29, 1.82) is 0 Å². The molecule has 28 heavy (non-hydrogen) atoms. The highest BCUT2D eigenvalue weighted by molar-refractivity contribution is 7.10. The minimum Gasteiger partial charge on any atom is -0.496 e. The second-order valence-corrected chi connectivity index (χ2v) is 7.04. The fraction of sp³-hybridized carbons (Fsp3) is 0.0952. The lowest BCUT2D eigenvalue weighted by Gasteiger charge is -2.05. The second kappa shape index (κ2) is 8.06. The third-order valence-electron chi connectivity index (χ3n) is 4.08. The maximum Gasteiger partial charge on any atom is 0.262 e. The van der Waals surface area contributed by atoms with Gasteiger partial charge in [0.1, 0.15) is 5.75 Å². The SMILES string of the molecule is COc1ccccc1-c1nc(-c2cccc(NC(=O)Cc3cccs3)c2)no1. The van der Waals surface area contributed by atoms with E-state index in [0.717, 1.165) is 16.0 Å². The molecular weight excluding hydrogens is 374 g/mol. The van der Waals surface area contributed by atoms with Gasteiger partial charge in [0.2, 0.25) is 11.7 Å². The van der Waals surface area contributed by atoms with Crippen LogP contribution in [0.15, 0.2) is 70.6 Å². The number of anilines is 1. The number of para-hydroxylation sites is 1. The van der Waals surface area contributed by atoms with E-state index in [1.165, 1.54) is 0 Å². The smallest absolute Gasteiger partial charge is 0.262 e. The van der Waals surface area contributed by atoms with Crippen LogP contribution >= 0.6 is 11.3 Å². The van der Waals surface area contributed by atoms with Gasteiger partial charge in [-0.25, -0.2) is 0 Å². The number of hydrogen-bond acceptors (Lipinski definition) is 6. The average molecular weight is 391 g/mol. The molecule has 0 bridgehead atoms. The number of methoxy groups -OCH3 is 1. The summed E-state index contributed by atoms with van der Waals surface area (Å²) >= 11 is 1.56. The van der Waals surface area contributed by atoms with Crippen LogP contribution in [0.4, 0.5) is 5.69 Å². The molecule has 0 unspecified atom stereocenters. The van der Waals surface area contributed by atoms with Crippen molar-refractivity contribution < 1.29 is 14.1 Å². The van der Waals surface area contributed by atoms with Gasteiger partial charge in [-0.1, -0.05) is 35.5 Å². The quantitative estimate of drug-likeness (QED) is 0.517. The molecule has 7 heteroatoms. The van der Waals surface area contributed by atoms with Crippen LogP contribution in [-0.4, -0.2) is 23.2 Å². The molecule has 0 aliphatic carbocycles. The number of amides is 1. The number of carbonyl (C=O) groups is 1. The molecule has 0 saturated carbocycles. The molecular formula is C21H17N3O3S. The average Bonchev–Trinajstić information content (AvgIpc) is 3.40. The van der Waals surface area contributed by atoms with E-state index in [9.17, 15) is 4.79 Å². The predicted octanol–water partition coefficient (Wildman–Crippen LogP) is 4.65. The molecule has 2 aromatic carbocycles. The van der Waals surface area contributed by atoms with Crippen molar-refractivity contribution in [2.75, 3.05) is 12.4 Å². The first kappa shape index (κ1) is 17.9. The number of nitrogens with zero attached hydrogens (tertiary/aromatic N) is 2. The van der Waals surface area contributed by atoms with E-state index in [2.05, 4.69) is 15.5 Å². The van der Waals surface area contributed by atoms with E-state index in [1.54, 1.807) is 18.4 Å². The van der Waals surface area contributed by atoms with Gasteiger partial charge in [-0.05, 0) is 35.7 Å². The second-order valence-electron chi connectivity index (χ2n) is 6.01. The zero-order valence-electron chi connectivity index (χ0n) is 15.1. The first-order valence-electron chi connectivity index (χ1n) is 8.63. The molecule has 1 amide bonds. The molecule has 6 nitrogen and oxygen atoms in total. The molecule has 4 rings (SSSR count). The van der Waals surface area contributed by atoms with Gasteiger partial charge in [-0.3, -0.25) is 4.79 Å². The molecule has 0 atom stereocenters. The molecule has 0 saturated heterocycles. The van der Waals surface area contributed by atoms with Crippen LogP contribution in [0, 0.1) is 0 Å². The fourth-order valence-electron chi connectivity index (χ4n) is 2.78. The summed E-state index contributed by atoms with van der Waals surface area (Å²) in [6.07, 6.45) is 0.349. The Balaban J connectivity index is 1.53. The van der Waals surface area contributed by atoms with Crippen LogP contribution in [-0.2, 0) is 11.2 Å². The van der Waals surface area contributed by atoms with Crippen LogP contribution in [0.3, 0.4) is 0 Å². The summed E-state index contributed by atoms with van der Waals surface area (Å²) < 4.78 is 10.8. The number of ether oxygens (including phenoxy) is 1. The summed E-state index contributed by atoms with van der Waals surface area (Å²) in [7, 11) is 1.60. The summed E-state index contributed by atoms with van der Waals surface area (Å²) in [5.74, 6) is 1.41. The van der Waals surface area contributed by atoms with Gasteiger partial charge in [-0.2, -0.15) is 4.98 Å². The van der Waals surface area contributed by atoms with Crippen molar-refractivity contribution >= 4 is 22.9 Å². The number of carbonyl (C=O) groups excluding carboxylic acids is 1. The van der Waals surface area contributed by atoms with E-state index in [0.29, 0.717) is 29.6 Å². The fourth-order valence-corrected chi connectivity index (χ4v) is 3.49. The summed E-state index contributed by atoms with van der Waals surface area (Å²) in [6, 6.07) is 18.7. The number of rotatable bonds is 6. The monoisotopic (exact) mass is 391 g/mol. The minimum atomic E-state index is -0.0672. The summed E-state index contributed by atoms with van der Waals surface area (Å²) in [6.45, 7) is 0. The van der Waals surface area contributed by atoms with Gasteiger partial charge in [0.25, 0.3) is 5.89 Å². The van der Waals surface area contributed by atoms with Gasteiger partial charge in [0, 0.05) is 16.1 Å². The molecule has 0 fully saturated rings. The van der Waals surface area contributed by atoms with Crippen molar-refractivity contribution in [2.45, 2.75) is 6.42 Å². The largest absolute Gasteiger partial charge is 0.496 e. The standard InChI is InChI=1S/C21H17N3O3S/c1-26-18-10-3-2-9-17(18)21-23-20(24-27-21)14-6-4-7-15(12-14)22-19(25)13-16-8-5-11-28-16/h2-12H,13H2,1H3,(H,22,25). The molecule has 140 valence electrons. The molecule has 2 aromatic heterocycles. The lowest BCUT2D eigenvalue weighted by molar-refractivity contribution is -0.115. The molecule has 4 aromatic rings. The van der Waals surface area contributed by atoms with Crippen LogP contribution in [0.5, 0.6) is 5.75 Å². The zero-order chi connectivity index (χ0) is 19.3. The summed E-state index contributed by atoms with van der Waals surface area (Å²) in [5, 5.41) is 8.93. The molecule has 0 radical (unpaired) electrons. The van der Waals surface area contributed by atoms with Crippen molar-refractivity contribution in [3.63, 3.8) is 0 Å². The normalized spacial score (nSPS) is 10.6. The predicted molar refractivity (Wildman–Crippen MR) is 108 cm³/mol. The van der Waals surface area contributed by atoms with Crippen molar-refractivity contribution in [3.8, 4) is 28.6 Å². The molecule has 2 heterocycles. The third kappa shape index (κ3) is 3.94. The Kier molecular flexibility index (Phi) is 5.16.